The third kappa shape index (κ3) is 2.35. The average molecular weight is 313 g/mol. The Morgan fingerprint density at radius 3 is 2.86 bits per heavy atom. The molecule has 1 N–H and O–H groups in total. The van der Waals surface area contributed by atoms with Crippen LogP contribution in [0.5, 0.6) is 11.5 Å². The van der Waals surface area contributed by atoms with Crippen molar-refractivity contribution in [3.63, 3.8) is 0 Å². The molecule has 0 amide bonds. The van der Waals surface area contributed by atoms with Gasteiger partial charge >= 0.3 is 0 Å². The van der Waals surface area contributed by atoms with Crippen LogP contribution in [0.1, 0.15) is 11.8 Å². The van der Waals surface area contributed by atoms with Crippen molar-refractivity contribution in [2.45, 2.75) is 13.3 Å². The lowest BCUT2D eigenvalue weighted by Gasteiger charge is -2.19. The fourth-order valence-corrected chi connectivity index (χ4v) is 3.37. The predicted octanol–water partition coefficient (Wildman–Crippen LogP) is 3.77. The van der Waals surface area contributed by atoms with Gasteiger partial charge in [-0.25, -0.2) is 9.97 Å². The second kappa shape index (κ2) is 5.46. The molecule has 6 heteroatoms. The Morgan fingerprint density at radius 1 is 1.14 bits per heavy atom. The van der Waals surface area contributed by atoms with E-state index in [2.05, 4.69) is 28.3 Å². The fraction of sp³-hybridized carbons (Fsp3) is 0.250. The number of benzene rings is 1. The van der Waals surface area contributed by atoms with Crippen LogP contribution in [0.15, 0.2) is 30.6 Å². The van der Waals surface area contributed by atoms with Gasteiger partial charge in [-0.1, -0.05) is 6.92 Å². The molecule has 0 unspecified atom stereocenters. The first-order chi connectivity index (χ1) is 10.8. The molecule has 1 aromatic carbocycles. The Labute approximate surface area is 131 Å². The highest BCUT2D eigenvalue weighted by Crippen LogP contribution is 2.35. The van der Waals surface area contributed by atoms with Crippen LogP contribution in [-0.2, 0) is 6.42 Å². The molecule has 5 nitrogen and oxygen atoms in total. The van der Waals surface area contributed by atoms with Gasteiger partial charge < -0.3 is 14.8 Å². The maximum atomic E-state index is 5.62. The van der Waals surface area contributed by atoms with E-state index in [1.54, 1.807) is 17.7 Å². The SMILES string of the molecule is CCc1cc2c(Nc3ccc4c(c3)OCCO4)ncnc2s1. The largest absolute Gasteiger partial charge is 0.486 e. The molecule has 4 rings (SSSR count). The minimum absolute atomic E-state index is 0.582. The van der Waals surface area contributed by atoms with Gasteiger partial charge in [-0.05, 0) is 24.6 Å². The number of rotatable bonds is 3. The summed E-state index contributed by atoms with van der Waals surface area (Å²) in [6, 6.07) is 7.98. The van der Waals surface area contributed by atoms with Gasteiger partial charge in [0.25, 0.3) is 0 Å². The number of fused-ring (bicyclic) bond motifs is 2. The van der Waals surface area contributed by atoms with E-state index in [-0.39, 0.29) is 0 Å². The molecule has 0 atom stereocenters. The van der Waals surface area contributed by atoms with Gasteiger partial charge in [0.15, 0.2) is 11.5 Å². The summed E-state index contributed by atoms with van der Waals surface area (Å²) < 4.78 is 11.2. The van der Waals surface area contributed by atoms with E-state index in [1.807, 2.05) is 18.2 Å². The lowest BCUT2D eigenvalue weighted by Crippen LogP contribution is -2.15. The second-order valence-electron chi connectivity index (χ2n) is 4.99. The maximum absolute atomic E-state index is 5.62. The number of anilines is 2. The third-order valence-corrected chi connectivity index (χ3v) is 4.72. The Bertz CT molecular complexity index is 831. The molecule has 1 aliphatic rings. The van der Waals surface area contributed by atoms with Gasteiger partial charge in [0.1, 0.15) is 30.2 Å². The van der Waals surface area contributed by atoms with Crippen LogP contribution in [-0.4, -0.2) is 23.2 Å². The average Bonchev–Trinajstić information content (AvgIpc) is 2.99. The summed E-state index contributed by atoms with van der Waals surface area (Å²) in [7, 11) is 0. The van der Waals surface area contributed by atoms with E-state index in [4.69, 9.17) is 9.47 Å². The van der Waals surface area contributed by atoms with E-state index in [1.165, 1.54) is 4.88 Å². The maximum Gasteiger partial charge on any atom is 0.163 e. The van der Waals surface area contributed by atoms with Crippen LogP contribution in [0.2, 0.25) is 0 Å². The van der Waals surface area contributed by atoms with Crippen molar-refractivity contribution in [1.82, 2.24) is 9.97 Å². The first-order valence-electron chi connectivity index (χ1n) is 7.23. The topological polar surface area (TPSA) is 56.3 Å². The number of nitrogens with zero attached hydrogens (tertiary/aromatic N) is 2. The van der Waals surface area contributed by atoms with Crippen LogP contribution < -0.4 is 14.8 Å². The lowest BCUT2D eigenvalue weighted by molar-refractivity contribution is 0.171. The summed E-state index contributed by atoms with van der Waals surface area (Å²) in [5, 5.41) is 4.41. The van der Waals surface area contributed by atoms with E-state index < -0.39 is 0 Å². The Balaban J connectivity index is 1.70. The minimum Gasteiger partial charge on any atom is -0.486 e. The van der Waals surface area contributed by atoms with Crippen molar-refractivity contribution in [2.24, 2.45) is 0 Å². The highest BCUT2D eigenvalue weighted by molar-refractivity contribution is 7.18. The van der Waals surface area contributed by atoms with Crippen LogP contribution in [0, 0.1) is 0 Å². The first-order valence-corrected chi connectivity index (χ1v) is 8.05. The van der Waals surface area contributed by atoms with E-state index in [0.717, 1.165) is 39.6 Å². The normalized spacial score (nSPS) is 13.3. The van der Waals surface area contributed by atoms with Gasteiger partial charge in [-0.3, -0.25) is 0 Å². The quantitative estimate of drug-likeness (QED) is 0.797. The highest BCUT2D eigenvalue weighted by atomic mass is 32.1. The van der Waals surface area contributed by atoms with Crippen molar-refractivity contribution in [1.29, 1.82) is 0 Å². The van der Waals surface area contributed by atoms with E-state index in [0.29, 0.717) is 13.2 Å². The molecule has 0 spiro atoms. The van der Waals surface area contributed by atoms with E-state index >= 15 is 0 Å². The van der Waals surface area contributed by atoms with Crippen molar-refractivity contribution in [2.75, 3.05) is 18.5 Å². The Morgan fingerprint density at radius 2 is 2.00 bits per heavy atom. The van der Waals surface area contributed by atoms with Crippen LogP contribution in [0.3, 0.4) is 0 Å². The number of hydrogen-bond acceptors (Lipinski definition) is 6. The molecular weight excluding hydrogens is 298 g/mol. The molecule has 0 bridgehead atoms. The van der Waals surface area contributed by atoms with Gasteiger partial charge in [0.05, 0.1) is 5.39 Å². The van der Waals surface area contributed by atoms with Crippen molar-refractivity contribution in [3.05, 3.63) is 35.5 Å². The van der Waals surface area contributed by atoms with Gasteiger partial charge in [0, 0.05) is 16.6 Å². The van der Waals surface area contributed by atoms with Crippen LogP contribution in [0.4, 0.5) is 11.5 Å². The molecule has 0 radical (unpaired) electrons. The standard InChI is InChI=1S/C16H15N3O2S/c1-2-11-8-12-15(17-9-18-16(12)22-11)19-10-3-4-13-14(7-10)21-6-5-20-13/h3-4,7-9H,2,5-6H2,1H3,(H,17,18,19). The molecule has 1 aliphatic heterocycles. The summed E-state index contributed by atoms with van der Waals surface area (Å²) in [5.41, 5.74) is 0.925. The zero-order valence-corrected chi connectivity index (χ0v) is 12.9. The number of nitrogens with one attached hydrogen (secondary N) is 1. The summed E-state index contributed by atoms with van der Waals surface area (Å²) in [6.45, 7) is 3.33. The van der Waals surface area contributed by atoms with Gasteiger partial charge in [-0.15, -0.1) is 11.3 Å². The molecular formula is C16H15N3O2S. The number of aryl methyl sites for hydroxylation is 1. The summed E-state index contributed by atoms with van der Waals surface area (Å²) in [4.78, 5) is 11.0. The molecule has 0 fully saturated rings. The Kier molecular flexibility index (Phi) is 3.31. The fourth-order valence-electron chi connectivity index (χ4n) is 2.44. The summed E-state index contributed by atoms with van der Waals surface area (Å²) in [6.07, 6.45) is 2.60. The zero-order chi connectivity index (χ0) is 14.9. The first kappa shape index (κ1) is 13.3. The molecule has 0 saturated carbocycles. The number of hydrogen-bond donors (Lipinski definition) is 1. The molecule has 22 heavy (non-hydrogen) atoms. The van der Waals surface area contributed by atoms with E-state index in [9.17, 15) is 0 Å². The second-order valence-corrected chi connectivity index (χ2v) is 6.11. The van der Waals surface area contributed by atoms with Crippen molar-refractivity contribution in [3.8, 4) is 11.5 Å². The smallest absolute Gasteiger partial charge is 0.163 e. The van der Waals surface area contributed by atoms with Crippen LogP contribution in [0.25, 0.3) is 10.2 Å². The van der Waals surface area contributed by atoms with Gasteiger partial charge in [-0.2, -0.15) is 0 Å². The monoisotopic (exact) mass is 313 g/mol. The molecule has 0 aliphatic carbocycles. The number of aromatic nitrogens is 2. The highest BCUT2D eigenvalue weighted by Gasteiger charge is 2.13. The summed E-state index contributed by atoms with van der Waals surface area (Å²) >= 11 is 1.71. The molecule has 0 saturated heterocycles. The molecule has 2 aromatic heterocycles. The number of thiophene rings is 1. The number of ether oxygens (including phenoxy) is 2. The minimum atomic E-state index is 0.582. The lowest BCUT2D eigenvalue weighted by atomic mass is 10.2. The summed E-state index contributed by atoms with van der Waals surface area (Å²) in [5.74, 6) is 2.37. The molecule has 112 valence electrons. The third-order valence-electron chi connectivity index (χ3n) is 3.53. The van der Waals surface area contributed by atoms with Crippen LogP contribution >= 0.6 is 11.3 Å². The molecule has 3 aromatic rings. The van der Waals surface area contributed by atoms with Crippen molar-refractivity contribution >= 4 is 33.1 Å². The molecule has 3 heterocycles. The van der Waals surface area contributed by atoms with Crippen molar-refractivity contribution < 1.29 is 9.47 Å². The van der Waals surface area contributed by atoms with Gasteiger partial charge in [0.2, 0.25) is 0 Å². The predicted molar refractivity (Wildman–Crippen MR) is 87.5 cm³/mol. The zero-order valence-electron chi connectivity index (χ0n) is 12.1. The Hall–Kier alpha value is -2.34.